The van der Waals surface area contributed by atoms with Gasteiger partial charge in [-0.05, 0) is 34.3 Å². The average Bonchev–Trinajstić information content (AvgIpc) is 2.47. The van der Waals surface area contributed by atoms with Crippen LogP contribution in [0.5, 0.6) is 0 Å². The van der Waals surface area contributed by atoms with Crippen LogP contribution in [0.4, 0.5) is 4.39 Å². The number of thiophene rings is 1. The zero-order valence-electron chi connectivity index (χ0n) is 6.80. The van der Waals surface area contributed by atoms with Gasteiger partial charge in [-0.1, -0.05) is 0 Å². The van der Waals surface area contributed by atoms with Gasteiger partial charge < -0.3 is 0 Å². The first kappa shape index (κ1) is 9.49. The van der Waals surface area contributed by atoms with Crippen LogP contribution in [0.25, 0.3) is 10.1 Å². The van der Waals surface area contributed by atoms with Gasteiger partial charge in [-0.25, -0.2) is 4.39 Å². The quantitative estimate of drug-likeness (QED) is 0.690. The van der Waals surface area contributed by atoms with Crippen LogP contribution in [0, 0.1) is 5.82 Å². The molecule has 0 N–H and O–H groups in total. The molecule has 0 saturated heterocycles. The molecule has 1 heterocycles. The molecule has 0 unspecified atom stereocenters. The minimum atomic E-state index is -0.140. The van der Waals surface area contributed by atoms with Gasteiger partial charge in [-0.2, -0.15) is 0 Å². The minimum absolute atomic E-state index is 0.140. The lowest BCUT2D eigenvalue weighted by molar-refractivity contribution is 0.604. The predicted molar refractivity (Wildman–Crippen MR) is 61.3 cm³/mol. The first-order chi connectivity index (χ1) is 6.22. The summed E-state index contributed by atoms with van der Waals surface area (Å²) in [6.07, 6.45) is 1.88. The molecule has 13 heavy (non-hydrogen) atoms. The molecule has 2 aromatic rings. The van der Waals surface area contributed by atoms with Crippen LogP contribution in [0.15, 0.2) is 26.9 Å². The van der Waals surface area contributed by atoms with Crippen molar-refractivity contribution in [1.82, 2.24) is 0 Å². The lowest BCUT2D eigenvalue weighted by atomic mass is 10.2. The summed E-state index contributed by atoms with van der Waals surface area (Å²) < 4.78 is 15.4. The van der Waals surface area contributed by atoms with E-state index in [-0.39, 0.29) is 5.82 Å². The van der Waals surface area contributed by atoms with E-state index in [0.29, 0.717) is 4.90 Å². The van der Waals surface area contributed by atoms with Crippen molar-refractivity contribution in [2.24, 2.45) is 0 Å². The Kier molecular flexibility index (Phi) is 2.62. The summed E-state index contributed by atoms with van der Waals surface area (Å²) in [5.74, 6) is -0.140. The Bertz CT molecular complexity index is 450. The third kappa shape index (κ3) is 1.63. The number of hydrogen-bond acceptors (Lipinski definition) is 2. The van der Waals surface area contributed by atoms with Crippen LogP contribution < -0.4 is 0 Å². The predicted octanol–water partition coefficient (Wildman–Crippen LogP) is 4.52. The van der Waals surface area contributed by atoms with Crippen molar-refractivity contribution >= 4 is 49.1 Å². The monoisotopic (exact) mass is 276 g/mol. The molecule has 0 amide bonds. The molecule has 4 heteroatoms. The van der Waals surface area contributed by atoms with Crippen molar-refractivity contribution < 1.29 is 4.39 Å². The van der Waals surface area contributed by atoms with Gasteiger partial charge in [-0.3, -0.25) is 0 Å². The summed E-state index contributed by atoms with van der Waals surface area (Å²) in [6, 6.07) is 3.48. The Balaban J connectivity index is 2.76. The molecule has 0 spiro atoms. The average molecular weight is 277 g/mol. The van der Waals surface area contributed by atoms with Gasteiger partial charge >= 0.3 is 0 Å². The summed E-state index contributed by atoms with van der Waals surface area (Å²) in [4.78, 5) is 0.710. The van der Waals surface area contributed by atoms with Crippen molar-refractivity contribution in [3.8, 4) is 0 Å². The van der Waals surface area contributed by atoms with Gasteiger partial charge in [0.15, 0.2) is 0 Å². The molecule has 68 valence electrons. The van der Waals surface area contributed by atoms with E-state index in [1.54, 1.807) is 17.4 Å². The van der Waals surface area contributed by atoms with E-state index in [0.717, 1.165) is 14.6 Å². The van der Waals surface area contributed by atoms with Gasteiger partial charge in [0.1, 0.15) is 5.82 Å². The van der Waals surface area contributed by atoms with E-state index in [2.05, 4.69) is 15.9 Å². The lowest BCUT2D eigenvalue weighted by Gasteiger charge is -1.98. The summed E-state index contributed by atoms with van der Waals surface area (Å²) in [6.45, 7) is 0. The van der Waals surface area contributed by atoms with Crippen molar-refractivity contribution in [2.75, 3.05) is 6.26 Å². The first-order valence-electron chi connectivity index (χ1n) is 3.62. The van der Waals surface area contributed by atoms with Crippen LogP contribution in [-0.2, 0) is 0 Å². The van der Waals surface area contributed by atoms with Crippen molar-refractivity contribution in [3.05, 3.63) is 27.8 Å². The van der Waals surface area contributed by atoms with E-state index in [1.807, 2.05) is 17.7 Å². The fraction of sp³-hybridized carbons (Fsp3) is 0.111. The van der Waals surface area contributed by atoms with Gasteiger partial charge in [0.25, 0.3) is 0 Å². The highest BCUT2D eigenvalue weighted by atomic mass is 79.9. The minimum Gasteiger partial charge on any atom is -0.206 e. The normalized spacial score (nSPS) is 11.0. The van der Waals surface area contributed by atoms with Crippen molar-refractivity contribution in [3.63, 3.8) is 0 Å². The molecule has 1 aromatic carbocycles. The molecular weight excluding hydrogens is 271 g/mol. The van der Waals surface area contributed by atoms with Gasteiger partial charge in [0, 0.05) is 24.8 Å². The van der Waals surface area contributed by atoms with E-state index in [4.69, 9.17) is 0 Å². The summed E-state index contributed by atoms with van der Waals surface area (Å²) >= 11 is 6.45. The van der Waals surface area contributed by atoms with E-state index in [9.17, 15) is 4.39 Å². The first-order valence-corrected chi connectivity index (χ1v) is 6.52. The highest BCUT2D eigenvalue weighted by molar-refractivity contribution is 9.10. The standard InChI is InChI=1S/C9H6BrFS2/c1-12-9-3-8-5(2-7(9)11)6(10)4-13-8/h2-4H,1H3. The molecule has 0 saturated carbocycles. The van der Waals surface area contributed by atoms with Crippen LogP contribution in [-0.4, -0.2) is 6.26 Å². The fourth-order valence-corrected chi connectivity index (χ4v) is 3.30. The second kappa shape index (κ2) is 3.59. The smallest absolute Gasteiger partial charge is 0.137 e. The maximum absolute atomic E-state index is 13.3. The second-order valence-electron chi connectivity index (χ2n) is 2.57. The molecule has 0 nitrogen and oxygen atoms in total. The van der Waals surface area contributed by atoms with Crippen molar-refractivity contribution in [2.45, 2.75) is 4.90 Å². The zero-order valence-corrected chi connectivity index (χ0v) is 10.0. The molecule has 0 aliphatic heterocycles. The Morgan fingerprint density at radius 1 is 1.46 bits per heavy atom. The second-order valence-corrected chi connectivity index (χ2v) is 5.18. The summed E-state index contributed by atoms with van der Waals surface area (Å²) in [5.41, 5.74) is 0. The third-order valence-electron chi connectivity index (χ3n) is 1.80. The van der Waals surface area contributed by atoms with E-state index < -0.39 is 0 Å². The Labute approximate surface area is 92.3 Å². The number of benzene rings is 1. The third-order valence-corrected chi connectivity index (χ3v) is 4.46. The molecule has 0 radical (unpaired) electrons. The van der Waals surface area contributed by atoms with E-state index >= 15 is 0 Å². The SMILES string of the molecule is CSc1cc2scc(Br)c2cc1F. The maximum atomic E-state index is 13.3. The molecule has 0 aliphatic rings. The van der Waals surface area contributed by atoms with Gasteiger partial charge in [-0.15, -0.1) is 23.1 Å². The lowest BCUT2D eigenvalue weighted by Crippen LogP contribution is -1.78. The van der Waals surface area contributed by atoms with Crippen LogP contribution >= 0.6 is 39.0 Å². The number of fused-ring (bicyclic) bond motifs is 1. The summed E-state index contributed by atoms with van der Waals surface area (Å²) in [7, 11) is 0. The molecule has 0 atom stereocenters. The van der Waals surface area contributed by atoms with Crippen LogP contribution in [0.3, 0.4) is 0 Å². The Hall–Kier alpha value is -0.0600. The fourth-order valence-electron chi connectivity index (χ4n) is 1.15. The van der Waals surface area contributed by atoms with Gasteiger partial charge in [0.05, 0.1) is 0 Å². The molecule has 1 aromatic heterocycles. The van der Waals surface area contributed by atoms with E-state index in [1.165, 1.54) is 11.8 Å². The molecule has 0 bridgehead atoms. The highest BCUT2D eigenvalue weighted by Crippen LogP contribution is 2.34. The maximum Gasteiger partial charge on any atom is 0.137 e. The largest absolute Gasteiger partial charge is 0.206 e. The molecule has 0 aliphatic carbocycles. The summed E-state index contributed by atoms with van der Waals surface area (Å²) in [5, 5.41) is 2.94. The number of hydrogen-bond donors (Lipinski definition) is 0. The molecule has 0 fully saturated rings. The zero-order chi connectivity index (χ0) is 9.42. The highest BCUT2D eigenvalue weighted by Gasteiger charge is 2.07. The molecule has 2 rings (SSSR count). The Morgan fingerprint density at radius 3 is 2.92 bits per heavy atom. The van der Waals surface area contributed by atoms with Gasteiger partial charge in [0.2, 0.25) is 0 Å². The topological polar surface area (TPSA) is 0 Å². The number of halogens is 2. The molecular formula is C9H6BrFS2. The van der Waals surface area contributed by atoms with Crippen LogP contribution in [0.1, 0.15) is 0 Å². The Morgan fingerprint density at radius 2 is 2.23 bits per heavy atom. The van der Waals surface area contributed by atoms with Crippen LogP contribution in [0.2, 0.25) is 0 Å². The van der Waals surface area contributed by atoms with Crippen molar-refractivity contribution in [1.29, 1.82) is 0 Å². The number of rotatable bonds is 1. The number of thioether (sulfide) groups is 1.